The highest BCUT2D eigenvalue weighted by Crippen LogP contribution is 2.27. The summed E-state index contributed by atoms with van der Waals surface area (Å²) in [5.41, 5.74) is 0. The van der Waals surface area contributed by atoms with E-state index in [0.717, 1.165) is 0 Å². The second kappa shape index (κ2) is 6.33. The molecule has 1 N–H and O–H groups in total. The highest BCUT2D eigenvalue weighted by molar-refractivity contribution is 9.10. The molecule has 0 aliphatic carbocycles. The Bertz CT molecular complexity index is 673. The minimum atomic E-state index is -3.59. The van der Waals surface area contributed by atoms with E-state index in [9.17, 15) is 8.42 Å². The molecule has 2 aromatic rings. The van der Waals surface area contributed by atoms with E-state index in [1.807, 2.05) is 0 Å². The predicted octanol–water partition coefficient (Wildman–Crippen LogP) is 1.36. The van der Waals surface area contributed by atoms with Crippen molar-refractivity contribution in [2.45, 2.75) is 11.3 Å². The summed E-state index contributed by atoms with van der Waals surface area (Å²) in [7, 11) is -2.08. The van der Waals surface area contributed by atoms with E-state index in [1.54, 1.807) is 6.07 Å². The first-order chi connectivity index (χ1) is 9.53. The topological polar surface area (TPSA) is 94.3 Å². The number of ether oxygens (including phenoxy) is 1. The lowest BCUT2D eigenvalue weighted by molar-refractivity contribution is 0.377. The Hall–Kier alpha value is -1.45. The van der Waals surface area contributed by atoms with Crippen LogP contribution in [0.3, 0.4) is 0 Å². The van der Waals surface area contributed by atoms with Crippen molar-refractivity contribution < 1.29 is 17.7 Å². The Morgan fingerprint density at radius 1 is 1.45 bits per heavy atom. The normalized spacial score (nSPS) is 11.5. The number of rotatable bonds is 6. The number of aromatic nitrogens is 2. The summed E-state index contributed by atoms with van der Waals surface area (Å²) < 4.78 is 37.0. The molecule has 1 aromatic carbocycles. The van der Waals surface area contributed by atoms with Gasteiger partial charge in [-0.3, -0.25) is 0 Å². The molecule has 9 heteroatoms. The quantitative estimate of drug-likeness (QED) is 0.834. The van der Waals surface area contributed by atoms with Crippen molar-refractivity contribution >= 4 is 26.0 Å². The van der Waals surface area contributed by atoms with E-state index in [2.05, 4.69) is 30.8 Å². The number of nitrogens with one attached hydrogen (secondary N) is 1. The van der Waals surface area contributed by atoms with E-state index in [1.165, 1.54) is 25.6 Å². The van der Waals surface area contributed by atoms with Gasteiger partial charge >= 0.3 is 0 Å². The molecule has 0 aliphatic rings. The van der Waals surface area contributed by atoms with Crippen LogP contribution in [0.25, 0.3) is 0 Å². The zero-order chi connectivity index (χ0) is 14.6. The van der Waals surface area contributed by atoms with Gasteiger partial charge in [0.05, 0.1) is 16.5 Å². The van der Waals surface area contributed by atoms with Crippen LogP contribution in [0.2, 0.25) is 0 Å². The van der Waals surface area contributed by atoms with Crippen LogP contribution in [-0.2, 0) is 16.4 Å². The van der Waals surface area contributed by atoms with Gasteiger partial charge in [0.1, 0.15) is 5.75 Å². The number of nitrogens with zero attached hydrogens (tertiary/aromatic N) is 2. The molecular formula is C11H12BrN3O4S. The van der Waals surface area contributed by atoms with Gasteiger partial charge in [-0.15, -0.1) is 0 Å². The summed E-state index contributed by atoms with van der Waals surface area (Å²) in [4.78, 5) is 3.96. The third-order valence-corrected chi connectivity index (χ3v) is 4.55. The maximum atomic E-state index is 12.1. The average molecular weight is 362 g/mol. The molecule has 1 aromatic heterocycles. The molecule has 108 valence electrons. The summed E-state index contributed by atoms with van der Waals surface area (Å²) in [6.45, 7) is 0.175. The van der Waals surface area contributed by atoms with Gasteiger partial charge in [0.2, 0.25) is 15.9 Å². The molecule has 0 bridgehead atoms. The zero-order valence-corrected chi connectivity index (χ0v) is 12.9. The van der Waals surface area contributed by atoms with Gasteiger partial charge in [-0.05, 0) is 34.1 Å². The molecule has 0 amide bonds. The molecule has 0 aliphatic heterocycles. The van der Waals surface area contributed by atoms with Gasteiger partial charge in [-0.25, -0.2) is 13.1 Å². The van der Waals surface area contributed by atoms with Gasteiger partial charge in [0.15, 0.2) is 6.33 Å². The molecule has 2 rings (SSSR count). The largest absolute Gasteiger partial charge is 0.496 e. The van der Waals surface area contributed by atoms with Crippen LogP contribution in [0, 0.1) is 0 Å². The van der Waals surface area contributed by atoms with E-state index in [0.29, 0.717) is 22.5 Å². The molecule has 1 heterocycles. The Morgan fingerprint density at radius 2 is 2.25 bits per heavy atom. The average Bonchev–Trinajstić information content (AvgIpc) is 2.91. The molecular weight excluding hydrogens is 350 g/mol. The highest BCUT2D eigenvalue weighted by Gasteiger charge is 2.15. The van der Waals surface area contributed by atoms with Gasteiger partial charge in [0, 0.05) is 13.0 Å². The number of halogens is 1. The fraction of sp³-hybridized carbons (Fsp3) is 0.273. The number of hydrogen-bond acceptors (Lipinski definition) is 6. The molecule has 0 spiro atoms. The standard InChI is InChI=1S/C11H12BrN3O4S/c1-18-10-3-2-8(6-9(10)12)20(16,17)15-5-4-11-13-7-14-19-11/h2-3,6-7,15H,4-5H2,1H3. The zero-order valence-electron chi connectivity index (χ0n) is 10.5. The fourth-order valence-corrected chi connectivity index (χ4v) is 3.25. The molecule has 0 atom stereocenters. The Kier molecular flexibility index (Phi) is 4.73. The maximum absolute atomic E-state index is 12.1. The Balaban J connectivity index is 2.04. The van der Waals surface area contributed by atoms with E-state index >= 15 is 0 Å². The van der Waals surface area contributed by atoms with E-state index < -0.39 is 10.0 Å². The molecule has 0 saturated carbocycles. The third kappa shape index (κ3) is 3.56. The Labute approximate surface area is 124 Å². The van der Waals surface area contributed by atoms with Gasteiger partial charge < -0.3 is 9.26 Å². The van der Waals surface area contributed by atoms with Crippen LogP contribution < -0.4 is 9.46 Å². The lowest BCUT2D eigenvalue weighted by atomic mass is 10.3. The van der Waals surface area contributed by atoms with Crippen molar-refractivity contribution in [2.75, 3.05) is 13.7 Å². The predicted molar refractivity (Wildman–Crippen MR) is 73.9 cm³/mol. The molecule has 0 radical (unpaired) electrons. The van der Waals surface area contributed by atoms with Crippen molar-refractivity contribution in [3.63, 3.8) is 0 Å². The van der Waals surface area contributed by atoms with Crippen LogP contribution in [0.5, 0.6) is 5.75 Å². The van der Waals surface area contributed by atoms with Crippen molar-refractivity contribution in [1.29, 1.82) is 0 Å². The first-order valence-corrected chi connectivity index (χ1v) is 7.89. The highest BCUT2D eigenvalue weighted by atomic mass is 79.9. The van der Waals surface area contributed by atoms with Crippen LogP contribution >= 0.6 is 15.9 Å². The molecule has 0 unspecified atom stereocenters. The second-order valence-corrected chi connectivity index (χ2v) is 6.40. The van der Waals surface area contributed by atoms with E-state index in [-0.39, 0.29) is 11.4 Å². The fourth-order valence-electron chi connectivity index (χ4n) is 1.50. The summed E-state index contributed by atoms with van der Waals surface area (Å²) in [6.07, 6.45) is 1.60. The SMILES string of the molecule is COc1ccc(S(=O)(=O)NCCc2ncno2)cc1Br. The van der Waals surface area contributed by atoms with Crippen molar-refractivity contribution in [3.8, 4) is 5.75 Å². The first kappa shape index (κ1) is 14.9. The van der Waals surface area contributed by atoms with Crippen LogP contribution in [0.4, 0.5) is 0 Å². The minimum absolute atomic E-state index is 0.149. The van der Waals surface area contributed by atoms with Crippen molar-refractivity contribution in [1.82, 2.24) is 14.9 Å². The number of sulfonamides is 1. The summed E-state index contributed by atoms with van der Waals surface area (Å²) in [5.74, 6) is 0.943. The third-order valence-electron chi connectivity index (χ3n) is 2.47. The second-order valence-electron chi connectivity index (χ2n) is 3.78. The van der Waals surface area contributed by atoms with Crippen LogP contribution in [-0.4, -0.2) is 32.2 Å². The maximum Gasteiger partial charge on any atom is 0.240 e. The lowest BCUT2D eigenvalue weighted by Gasteiger charge is -2.08. The summed E-state index contributed by atoms with van der Waals surface area (Å²) in [5, 5.41) is 3.44. The van der Waals surface area contributed by atoms with Crippen LogP contribution in [0.15, 0.2) is 38.4 Å². The number of hydrogen-bond donors (Lipinski definition) is 1. The van der Waals surface area contributed by atoms with Crippen molar-refractivity contribution in [2.24, 2.45) is 0 Å². The van der Waals surface area contributed by atoms with Crippen molar-refractivity contribution in [3.05, 3.63) is 34.9 Å². The lowest BCUT2D eigenvalue weighted by Crippen LogP contribution is -2.26. The molecule has 0 fully saturated rings. The van der Waals surface area contributed by atoms with E-state index in [4.69, 9.17) is 9.26 Å². The summed E-state index contributed by atoms with van der Waals surface area (Å²) >= 11 is 3.25. The Morgan fingerprint density at radius 3 is 2.85 bits per heavy atom. The van der Waals surface area contributed by atoms with Crippen LogP contribution in [0.1, 0.15) is 5.89 Å². The van der Waals surface area contributed by atoms with Gasteiger partial charge in [0.25, 0.3) is 0 Å². The minimum Gasteiger partial charge on any atom is -0.496 e. The first-order valence-electron chi connectivity index (χ1n) is 5.61. The van der Waals surface area contributed by atoms with Gasteiger partial charge in [-0.2, -0.15) is 4.98 Å². The summed E-state index contributed by atoms with van der Waals surface area (Å²) in [6, 6.07) is 4.53. The number of benzene rings is 1. The smallest absolute Gasteiger partial charge is 0.240 e. The molecule has 0 saturated heterocycles. The monoisotopic (exact) mass is 361 g/mol. The number of methoxy groups -OCH3 is 1. The molecule has 20 heavy (non-hydrogen) atoms. The van der Waals surface area contributed by atoms with Gasteiger partial charge in [-0.1, -0.05) is 5.16 Å². The molecule has 7 nitrogen and oxygen atoms in total.